The lowest BCUT2D eigenvalue weighted by molar-refractivity contribution is -0.577. The molecule has 0 unspecified atom stereocenters. The zero-order chi connectivity index (χ0) is 14.2. The molecule has 7 heteroatoms. The molecule has 0 aliphatic heterocycles. The standard InChI is InChI=1S/C11H15NO6/c1-4-9(13)17-7-11(6-3,12(15)16)8-18-10(14)5-2/h4-5H,1-2,6-8H2,3H3. The number of ether oxygens (including phenoxy) is 2. The molecule has 0 N–H and O–H groups in total. The molecule has 0 spiro atoms. The number of carbonyl (C=O) groups is 2. The van der Waals surface area contributed by atoms with E-state index >= 15 is 0 Å². The molecule has 0 radical (unpaired) electrons. The minimum Gasteiger partial charge on any atom is -0.455 e. The molecule has 0 amide bonds. The minimum absolute atomic E-state index is 0.0366. The Morgan fingerprint density at radius 3 is 1.83 bits per heavy atom. The fourth-order valence-electron chi connectivity index (χ4n) is 1.01. The molecule has 0 heterocycles. The molecule has 100 valence electrons. The van der Waals surface area contributed by atoms with Crippen LogP contribution in [0.4, 0.5) is 0 Å². The van der Waals surface area contributed by atoms with Crippen LogP contribution in [0.1, 0.15) is 13.3 Å². The van der Waals surface area contributed by atoms with Crippen molar-refractivity contribution in [3.8, 4) is 0 Å². The average molecular weight is 257 g/mol. The predicted octanol–water partition coefficient (Wildman–Crippen LogP) is 0.870. The first-order chi connectivity index (χ1) is 8.41. The molecular formula is C11H15NO6. The van der Waals surface area contributed by atoms with Crippen molar-refractivity contribution < 1.29 is 24.0 Å². The number of nitro groups is 1. The SMILES string of the molecule is C=CC(=O)OCC(CC)(COC(=O)C=C)[N+](=O)[O-]. The van der Waals surface area contributed by atoms with Crippen LogP contribution < -0.4 is 0 Å². The minimum atomic E-state index is -1.66. The van der Waals surface area contributed by atoms with Crippen molar-refractivity contribution in [3.63, 3.8) is 0 Å². The number of carbonyl (C=O) groups excluding carboxylic acids is 2. The Kier molecular flexibility index (Phi) is 6.33. The first-order valence-corrected chi connectivity index (χ1v) is 5.14. The van der Waals surface area contributed by atoms with E-state index in [9.17, 15) is 19.7 Å². The first kappa shape index (κ1) is 15.8. The third-order valence-corrected chi connectivity index (χ3v) is 2.34. The van der Waals surface area contributed by atoms with Crippen LogP contribution in [-0.2, 0) is 19.1 Å². The first-order valence-electron chi connectivity index (χ1n) is 5.14. The van der Waals surface area contributed by atoms with Crippen LogP contribution in [0.5, 0.6) is 0 Å². The van der Waals surface area contributed by atoms with Gasteiger partial charge in [-0.1, -0.05) is 20.1 Å². The van der Waals surface area contributed by atoms with E-state index in [1.807, 2.05) is 0 Å². The number of esters is 2. The second kappa shape index (κ2) is 7.21. The summed E-state index contributed by atoms with van der Waals surface area (Å²) in [5, 5.41) is 11.0. The van der Waals surface area contributed by atoms with Crippen molar-refractivity contribution in [2.75, 3.05) is 13.2 Å². The van der Waals surface area contributed by atoms with Gasteiger partial charge in [0, 0.05) is 23.5 Å². The Morgan fingerprint density at radius 1 is 1.22 bits per heavy atom. The molecule has 0 saturated carbocycles. The second-order valence-electron chi connectivity index (χ2n) is 3.46. The second-order valence-corrected chi connectivity index (χ2v) is 3.46. The summed E-state index contributed by atoms with van der Waals surface area (Å²) in [6, 6.07) is 0. The van der Waals surface area contributed by atoms with Gasteiger partial charge >= 0.3 is 11.9 Å². The molecule has 0 saturated heterocycles. The molecule has 0 fully saturated rings. The van der Waals surface area contributed by atoms with Crippen LogP contribution in [-0.4, -0.2) is 35.6 Å². The zero-order valence-electron chi connectivity index (χ0n) is 10.1. The van der Waals surface area contributed by atoms with Crippen LogP contribution in [0.15, 0.2) is 25.3 Å². The number of hydrogen-bond donors (Lipinski definition) is 0. The maximum Gasteiger partial charge on any atom is 0.330 e. The van der Waals surface area contributed by atoms with Gasteiger partial charge in [-0.15, -0.1) is 0 Å². The fourth-order valence-corrected chi connectivity index (χ4v) is 1.01. The van der Waals surface area contributed by atoms with Crippen molar-refractivity contribution >= 4 is 11.9 Å². The highest BCUT2D eigenvalue weighted by Gasteiger charge is 2.44. The van der Waals surface area contributed by atoms with E-state index in [1.54, 1.807) is 0 Å². The summed E-state index contributed by atoms with van der Waals surface area (Å²) in [7, 11) is 0. The molecule has 0 aromatic carbocycles. The Balaban J connectivity index is 4.75. The highest BCUT2D eigenvalue weighted by atomic mass is 16.6. The van der Waals surface area contributed by atoms with Gasteiger partial charge < -0.3 is 9.47 Å². The van der Waals surface area contributed by atoms with Gasteiger partial charge in [0.25, 0.3) is 5.54 Å². The summed E-state index contributed by atoms with van der Waals surface area (Å²) in [4.78, 5) is 32.2. The van der Waals surface area contributed by atoms with Crippen molar-refractivity contribution in [2.24, 2.45) is 0 Å². The van der Waals surface area contributed by atoms with Gasteiger partial charge in [0.1, 0.15) is 0 Å². The summed E-state index contributed by atoms with van der Waals surface area (Å²) < 4.78 is 9.32. The lowest BCUT2D eigenvalue weighted by atomic mass is 9.99. The molecule has 0 bridgehead atoms. The lowest BCUT2D eigenvalue weighted by Crippen LogP contribution is -2.47. The Morgan fingerprint density at radius 2 is 1.61 bits per heavy atom. The summed E-state index contributed by atoms with van der Waals surface area (Å²) >= 11 is 0. The van der Waals surface area contributed by atoms with E-state index in [1.165, 1.54) is 6.92 Å². The molecule has 0 atom stereocenters. The molecular weight excluding hydrogens is 242 g/mol. The summed E-state index contributed by atoms with van der Waals surface area (Å²) in [6.07, 6.45) is 1.83. The summed E-state index contributed by atoms with van der Waals surface area (Å²) in [5.41, 5.74) is -1.66. The topological polar surface area (TPSA) is 95.7 Å². The molecule has 0 aromatic heterocycles. The molecule has 7 nitrogen and oxygen atoms in total. The van der Waals surface area contributed by atoms with E-state index in [4.69, 9.17) is 0 Å². The molecule has 18 heavy (non-hydrogen) atoms. The Hall–Kier alpha value is -2.18. The highest BCUT2D eigenvalue weighted by molar-refractivity contribution is 5.81. The largest absolute Gasteiger partial charge is 0.455 e. The molecule has 0 aromatic rings. The normalized spacial score (nSPS) is 10.3. The van der Waals surface area contributed by atoms with Gasteiger partial charge in [-0.05, 0) is 0 Å². The summed E-state index contributed by atoms with van der Waals surface area (Å²) in [6.45, 7) is 6.90. The van der Waals surface area contributed by atoms with Gasteiger partial charge in [0.2, 0.25) is 0 Å². The predicted molar refractivity (Wildman–Crippen MR) is 62.3 cm³/mol. The van der Waals surface area contributed by atoms with E-state index in [2.05, 4.69) is 22.6 Å². The van der Waals surface area contributed by atoms with E-state index in [0.29, 0.717) is 0 Å². The van der Waals surface area contributed by atoms with Gasteiger partial charge in [0.05, 0.1) is 0 Å². The third-order valence-electron chi connectivity index (χ3n) is 2.34. The van der Waals surface area contributed by atoms with Gasteiger partial charge in [-0.2, -0.15) is 0 Å². The number of rotatable bonds is 8. The van der Waals surface area contributed by atoms with Gasteiger partial charge in [-0.25, -0.2) is 9.59 Å². The molecule has 0 aliphatic rings. The third kappa shape index (κ3) is 4.36. The van der Waals surface area contributed by atoms with E-state index < -0.39 is 35.6 Å². The van der Waals surface area contributed by atoms with E-state index in [-0.39, 0.29) is 6.42 Å². The van der Waals surface area contributed by atoms with Crippen LogP contribution in [0.25, 0.3) is 0 Å². The lowest BCUT2D eigenvalue weighted by Gasteiger charge is -2.22. The maximum absolute atomic E-state index is 11.0. The summed E-state index contributed by atoms with van der Waals surface area (Å²) in [5.74, 6) is -1.55. The number of hydrogen-bond acceptors (Lipinski definition) is 6. The van der Waals surface area contributed by atoms with Gasteiger partial charge in [0.15, 0.2) is 13.2 Å². The van der Waals surface area contributed by atoms with Crippen molar-refractivity contribution in [3.05, 3.63) is 35.4 Å². The highest BCUT2D eigenvalue weighted by Crippen LogP contribution is 2.17. The van der Waals surface area contributed by atoms with Crippen LogP contribution >= 0.6 is 0 Å². The molecule has 0 rings (SSSR count). The molecule has 0 aliphatic carbocycles. The Bertz CT molecular complexity index is 339. The zero-order valence-corrected chi connectivity index (χ0v) is 10.1. The van der Waals surface area contributed by atoms with Gasteiger partial charge in [-0.3, -0.25) is 10.1 Å². The van der Waals surface area contributed by atoms with Crippen LogP contribution in [0.3, 0.4) is 0 Å². The fraction of sp³-hybridized carbons (Fsp3) is 0.455. The van der Waals surface area contributed by atoms with Crippen LogP contribution in [0.2, 0.25) is 0 Å². The average Bonchev–Trinajstić information content (AvgIpc) is 2.38. The smallest absolute Gasteiger partial charge is 0.330 e. The maximum atomic E-state index is 11.0. The quantitative estimate of drug-likeness (QED) is 0.277. The van der Waals surface area contributed by atoms with Crippen LogP contribution in [0, 0.1) is 10.1 Å². The van der Waals surface area contributed by atoms with Crippen molar-refractivity contribution in [2.45, 2.75) is 18.9 Å². The monoisotopic (exact) mass is 257 g/mol. The number of nitrogens with zero attached hydrogens (tertiary/aromatic N) is 1. The van der Waals surface area contributed by atoms with Crippen molar-refractivity contribution in [1.29, 1.82) is 0 Å². The Labute approximate surface area is 104 Å². The van der Waals surface area contributed by atoms with E-state index in [0.717, 1.165) is 12.2 Å². The van der Waals surface area contributed by atoms with Crippen molar-refractivity contribution in [1.82, 2.24) is 0 Å².